The highest BCUT2D eigenvalue weighted by Crippen LogP contribution is 2.32. The maximum absolute atomic E-state index is 6.08. The normalized spacial score (nSPS) is 13.7. The van der Waals surface area contributed by atoms with E-state index in [2.05, 4.69) is 46.4 Å². The Morgan fingerprint density at radius 2 is 1.40 bits per heavy atom. The summed E-state index contributed by atoms with van der Waals surface area (Å²) in [5.41, 5.74) is 4.72. The van der Waals surface area contributed by atoms with Crippen LogP contribution in [-0.2, 0) is 6.54 Å². The summed E-state index contributed by atoms with van der Waals surface area (Å²) in [7, 11) is 0. The molecular weight excluding hydrogens is 351 g/mol. The van der Waals surface area contributed by atoms with Gasteiger partial charge >= 0.3 is 0 Å². The lowest BCUT2D eigenvalue weighted by Crippen LogP contribution is -2.36. The maximum atomic E-state index is 6.08. The zero-order valence-corrected chi connectivity index (χ0v) is 15.3. The van der Waals surface area contributed by atoms with E-state index in [1.807, 2.05) is 24.3 Å². The lowest BCUT2D eigenvalue weighted by Gasteiger charge is -2.12. The molecule has 1 aliphatic rings. The molecule has 0 fully saturated rings. The van der Waals surface area contributed by atoms with Crippen LogP contribution in [0.3, 0.4) is 0 Å². The third-order valence-electron chi connectivity index (χ3n) is 4.59. The van der Waals surface area contributed by atoms with Crippen LogP contribution in [0.2, 0.25) is 10.0 Å². The van der Waals surface area contributed by atoms with Gasteiger partial charge in [0.2, 0.25) is 0 Å². The van der Waals surface area contributed by atoms with Crippen LogP contribution in [0.4, 0.5) is 5.82 Å². The Labute approximate surface area is 158 Å². The second-order valence-electron chi connectivity index (χ2n) is 6.33. The van der Waals surface area contributed by atoms with Crippen LogP contribution in [0.15, 0.2) is 60.8 Å². The van der Waals surface area contributed by atoms with E-state index in [1.54, 1.807) is 0 Å². The van der Waals surface area contributed by atoms with Crippen molar-refractivity contribution >= 4 is 29.0 Å². The topological polar surface area (TPSA) is 15.9 Å². The van der Waals surface area contributed by atoms with E-state index >= 15 is 0 Å². The first-order chi connectivity index (χ1) is 12.2. The fourth-order valence-corrected chi connectivity index (χ4v) is 3.54. The molecule has 4 heteroatoms. The molecule has 0 saturated heterocycles. The molecule has 2 aromatic carbocycles. The van der Waals surface area contributed by atoms with Crippen molar-refractivity contribution < 1.29 is 4.57 Å². The summed E-state index contributed by atoms with van der Waals surface area (Å²) < 4.78 is 2.33. The quantitative estimate of drug-likeness (QED) is 0.562. The number of aryl methyl sites for hydroxylation is 1. The number of benzene rings is 2. The molecule has 126 valence electrons. The lowest BCUT2D eigenvalue weighted by atomic mass is 10.0. The van der Waals surface area contributed by atoms with E-state index < -0.39 is 0 Å². The first-order valence-corrected chi connectivity index (χ1v) is 9.29. The number of nitrogens with zero attached hydrogens (tertiary/aromatic N) is 1. The minimum atomic E-state index is 0.754. The fourth-order valence-electron chi connectivity index (χ4n) is 3.29. The van der Waals surface area contributed by atoms with Gasteiger partial charge in [-0.3, -0.25) is 5.32 Å². The van der Waals surface area contributed by atoms with Gasteiger partial charge in [0, 0.05) is 15.6 Å². The van der Waals surface area contributed by atoms with Crippen LogP contribution in [0, 0.1) is 0 Å². The average molecular weight is 370 g/mol. The van der Waals surface area contributed by atoms with Crippen molar-refractivity contribution in [2.24, 2.45) is 0 Å². The molecule has 25 heavy (non-hydrogen) atoms. The Morgan fingerprint density at radius 1 is 0.760 bits per heavy atom. The number of pyridine rings is 1. The van der Waals surface area contributed by atoms with Crippen LogP contribution >= 0.6 is 23.2 Å². The van der Waals surface area contributed by atoms with E-state index in [9.17, 15) is 0 Å². The average Bonchev–Trinajstić information content (AvgIpc) is 2.88. The highest BCUT2D eigenvalue weighted by molar-refractivity contribution is 6.30. The Hall–Kier alpha value is -2.03. The fraction of sp³-hybridized carbons (Fsp3) is 0.190. The Morgan fingerprint density at radius 3 is 2.08 bits per heavy atom. The van der Waals surface area contributed by atoms with Crippen LogP contribution in [0.5, 0.6) is 0 Å². The van der Waals surface area contributed by atoms with Crippen molar-refractivity contribution in [3.8, 4) is 22.3 Å². The SMILES string of the molecule is Clc1ccc(-c2cc(-c3ccc(Cl)cc3)c3[n+](c2)CCCCN3)cc1. The molecule has 0 atom stereocenters. The number of aromatic nitrogens is 1. The smallest absolute Gasteiger partial charge is 0.274 e. The van der Waals surface area contributed by atoms with Gasteiger partial charge in [-0.15, -0.1) is 0 Å². The molecule has 3 aromatic rings. The zero-order chi connectivity index (χ0) is 17.2. The molecule has 0 amide bonds. The van der Waals surface area contributed by atoms with Gasteiger partial charge in [0.15, 0.2) is 0 Å². The molecule has 1 N–H and O–H groups in total. The van der Waals surface area contributed by atoms with Gasteiger partial charge in [-0.05, 0) is 54.3 Å². The number of hydrogen-bond acceptors (Lipinski definition) is 1. The minimum absolute atomic E-state index is 0.754. The van der Waals surface area contributed by atoms with Gasteiger partial charge in [0.05, 0.1) is 24.8 Å². The van der Waals surface area contributed by atoms with E-state index in [-0.39, 0.29) is 0 Å². The molecular formula is C21H19Cl2N2+. The molecule has 1 aliphatic heterocycles. The van der Waals surface area contributed by atoms with Gasteiger partial charge < -0.3 is 0 Å². The number of rotatable bonds is 2. The number of anilines is 1. The van der Waals surface area contributed by atoms with Crippen LogP contribution in [-0.4, -0.2) is 6.54 Å². The summed E-state index contributed by atoms with van der Waals surface area (Å²) in [6.45, 7) is 2.02. The molecule has 1 aromatic heterocycles. The van der Waals surface area contributed by atoms with Crippen molar-refractivity contribution in [2.75, 3.05) is 11.9 Å². The molecule has 4 rings (SSSR count). The van der Waals surface area contributed by atoms with Gasteiger partial charge in [-0.25, -0.2) is 4.57 Å². The van der Waals surface area contributed by atoms with Gasteiger partial charge in [-0.2, -0.15) is 0 Å². The Kier molecular flexibility index (Phi) is 4.65. The summed E-state index contributed by atoms with van der Waals surface area (Å²) in [4.78, 5) is 0. The molecule has 2 nitrogen and oxygen atoms in total. The molecule has 0 radical (unpaired) electrons. The van der Waals surface area contributed by atoms with E-state index in [1.165, 1.54) is 40.9 Å². The molecule has 0 spiro atoms. The van der Waals surface area contributed by atoms with E-state index in [0.29, 0.717) is 0 Å². The molecule has 0 unspecified atom stereocenters. The van der Waals surface area contributed by atoms with Crippen LogP contribution in [0.25, 0.3) is 22.3 Å². The Bertz CT molecular complexity index is 887. The van der Waals surface area contributed by atoms with Crippen molar-refractivity contribution in [3.05, 3.63) is 70.8 Å². The standard InChI is InChI=1S/C21H18Cl2N2/c22-18-7-3-15(4-8-18)17-13-20(16-5-9-19(23)10-6-16)21-24-11-1-2-12-25(21)14-17/h3-10,13-14H,1-2,11-12H2/p+1. The minimum Gasteiger partial charge on any atom is -0.274 e. The maximum Gasteiger partial charge on any atom is 0.282 e. The number of nitrogens with one attached hydrogen (secondary N) is 1. The second-order valence-corrected chi connectivity index (χ2v) is 7.20. The van der Waals surface area contributed by atoms with E-state index in [0.717, 1.165) is 23.1 Å². The molecule has 0 bridgehead atoms. The number of halogens is 2. The number of hydrogen-bond donors (Lipinski definition) is 1. The monoisotopic (exact) mass is 369 g/mol. The predicted octanol–water partition coefficient (Wildman–Crippen LogP) is 5.82. The van der Waals surface area contributed by atoms with Crippen LogP contribution < -0.4 is 9.88 Å². The van der Waals surface area contributed by atoms with E-state index in [4.69, 9.17) is 23.2 Å². The molecule has 0 saturated carbocycles. The second kappa shape index (κ2) is 7.07. The summed E-state index contributed by atoms with van der Waals surface area (Å²) in [5, 5.41) is 5.11. The van der Waals surface area contributed by atoms with Crippen molar-refractivity contribution in [2.45, 2.75) is 19.4 Å². The first-order valence-electron chi connectivity index (χ1n) is 8.54. The first kappa shape index (κ1) is 16.4. The van der Waals surface area contributed by atoms with Gasteiger partial charge in [0.1, 0.15) is 0 Å². The highest BCUT2D eigenvalue weighted by Gasteiger charge is 2.21. The third-order valence-corrected chi connectivity index (χ3v) is 5.09. The largest absolute Gasteiger partial charge is 0.282 e. The van der Waals surface area contributed by atoms with Crippen LogP contribution in [0.1, 0.15) is 12.8 Å². The number of fused-ring (bicyclic) bond motifs is 1. The Balaban J connectivity index is 1.89. The summed E-state index contributed by atoms with van der Waals surface area (Å²) in [6.07, 6.45) is 4.59. The summed E-state index contributed by atoms with van der Waals surface area (Å²) in [5.74, 6) is 1.18. The summed E-state index contributed by atoms with van der Waals surface area (Å²) in [6, 6.07) is 18.3. The lowest BCUT2D eigenvalue weighted by molar-refractivity contribution is -0.681. The zero-order valence-electron chi connectivity index (χ0n) is 13.8. The van der Waals surface area contributed by atoms with Crippen molar-refractivity contribution in [3.63, 3.8) is 0 Å². The van der Waals surface area contributed by atoms with Gasteiger partial charge in [0.25, 0.3) is 5.82 Å². The predicted molar refractivity (Wildman–Crippen MR) is 105 cm³/mol. The van der Waals surface area contributed by atoms with Crippen molar-refractivity contribution in [1.29, 1.82) is 0 Å². The molecule has 2 heterocycles. The highest BCUT2D eigenvalue weighted by atomic mass is 35.5. The van der Waals surface area contributed by atoms with Gasteiger partial charge in [-0.1, -0.05) is 47.5 Å². The van der Waals surface area contributed by atoms with Crippen molar-refractivity contribution in [1.82, 2.24) is 0 Å². The summed E-state index contributed by atoms with van der Waals surface area (Å²) >= 11 is 12.1. The third kappa shape index (κ3) is 3.51. The molecule has 0 aliphatic carbocycles.